The summed E-state index contributed by atoms with van der Waals surface area (Å²) in [6, 6.07) is 10.7. The summed E-state index contributed by atoms with van der Waals surface area (Å²) >= 11 is 0. The van der Waals surface area contributed by atoms with Crippen LogP contribution < -0.4 is 21.3 Å². The molecule has 0 saturated carbocycles. The Morgan fingerprint density at radius 2 is 1.94 bits per heavy atom. The van der Waals surface area contributed by atoms with Gasteiger partial charge in [0.15, 0.2) is 5.82 Å². The molecule has 182 valence electrons. The minimum Gasteiger partial charge on any atom is -0.496 e. The summed E-state index contributed by atoms with van der Waals surface area (Å²) in [7, 11) is 1.40. The lowest BCUT2D eigenvalue weighted by Crippen LogP contribution is -2.32. The number of rotatable bonds is 7. The highest BCUT2D eigenvalue weighted by Crippen LogP contribution is 2.32. The van der Waals surface area contributed by atoms with E-state index in [1.807, 2.05) is 0 Å². The van der Waals surface area contributed by atoms with Crippen molar-refractivity contribution in [3.63, 3.8) is 0 Å². The lowest BCUT2D eigenvalue weighted by Gasteiger charge is -2.21. The normalized spacial score (nSPS) is 11.6. The zero-order chi connectivity index (χ0) is 25.3. The summed E-state index contributed by atoms with van der Waals surface area (Å²) in [4.78, 5) is 25.0. The summed E-state index contributed by atoms with van der Waals surface area (Å²) in [5, 5.41) is 13.7. The van der Waals surface area contributed by atoms with Crippen LogP contribution in [0.15, 0.2) is 47.3 Å². The van der Waals surface area contributed by atoms with Gasteiger partial charge in [-0.05, 0) is 37.6 Å². The Labute approximate surface area is 198 Å². The van der Waals surface area contributed by atoms with E-state index in [1.54, 1.807) is 38.1 Å². The van der Waals surface area contributed by atoms with E-state index in [2.05, 4.69) is 20.6 Å². The summed E-state index contributed by atoms with van der Waals surface area (Å²) in [5.74, 6) is -0.702. The fraction of sp³-hybridized carbons (Fsp3) is 0.250. The van der Waals surface area contributed by atoms with Gasteiger partial charge in [-0.1, -0.05) is 24.3 Å². The smallest absolute Gasteiger partial charge is 0.290 e. The lowest BCUT2D eigenvalue weighted by molar-refractivity contribution is 0.0947. The van der Waals surface area contributed by atoms with Gasteiger partial charge in [0.05, 0.1) is 23.6 Å². The number of fused-ring (bicyclic) bond motifs is 1. The third-order valence-electron chi connectivity index (χ3n) is 5.62. The van der Waals surface area contributed by atoms with Gasteiger partial charge >= 0.3 is 0 Å². The van der Waals surface area contributed by atoms with Gasteiger partial charge in [0.2, 0.25) is 0 Å². The van der Waals surface area contributed by atoms with Crippen molar-refractivity contribution in [3.05, 3.63) is 69.8 Å². The first-order chi connectivity index (χ1) is 16.7. The lowest BCUT2D eigenvalue weighted by atomic mass is 10.1. The minimum absolute atomic E-state index is 0.0656. The van der Waals surface area contributed by atoms with Crippen molar-refractivity contribution in [1.82, 2.24) is 25.3 Å². The van der Waals surface area contributed by atoms with Crippen molar-refractivity contribution in [3.8, 4) is 17.0 Å². The number of amides is 1. The van der Waals surface area contributed by atoms with Crippen molar-refractivity contribution in [2.24, 2.45) is 0 Å². The molecule has 0 fully saturated rings. The Kier molecular flexibility index (Phi) is 6.25. The van der Waals surface area contributed by atoms with Crippen LogP contribution in [0.1, 0.15) is 29.8 Å². The number of carbonyl (C=O) groups is 1. The first-order valence-corrected chi connectivity index (χ1v) is 10.7. The standard InChI is InChI=1S/C24H24F2N6O3/c1-24(2,12-25)32-20-18(21(27)29-30-23(20)34)19(31-32)14-6-4-13(5-7-14)11-28-22(33)16-10-15(26)8-9-17(16)35-3/h4-10H,11-12H2,1-3H3,(H2,27,29)(H,28,33)(H,30,34). The Bertz CT molecular complexity index is 1460. The average molecular weight is 482 g/mol. The van der Waals surface area contributed by atoms with Crippen LogP contribution in [0.4, 0.5) is 14.6 Å². The van der Waals surface area contributed by atoms with Crippen LogP contribution in [-0.2, 0) is 12.1 Å². The van der Waals surface area contributed by atoms with Crippen LogP contribution in [0.3, 0.4) is 0 Å². The largest absolute Gasteiger partial charge is 0.496 e. The minimum atomic E-state index is -1.08. The molecule has 2 aromatic carbocycles. The number of anilines is 1. The SMILES string of the molecule is COc1ccc(F)cc1C(=O)NCc1ccc(-c2nn(C(C)(C)CF)c3c(=O)[nH]nc(N)c23)cc1. The fourth-order valence-corrected chi connectivity index (χ4v) is 3.70. The summed E-state index contributed by atoms with van der Waals surface area (Å²) in [6.45, 7) is 2.67. The summed E-state index contributed by atoms with van der Waals surface area (Å²) < 4.78 is 33.8. The molecule has 2 heterocycles. The molecule has 4 rings (SSSR count). The van der Waals surface area contributed by atoms with E-state index in [9.17, 15) is 18.4 Å². The molecule has 0 saturated heterocycles. The second-order valence-corrected chi connectivity index (χ2v) is 8.59. The predicted molar refractivity (Wildman–Crippen MR) is 127 cm³/mol. The van der Waals surface area contributed by atoms with E-state index in [0.717, 1.165) is 11.6 Å². The van der Waals surface area contributed by atoms with Crippen LogP contribution in [0.25, 0.3) is 22.2 Å². The monoisotopic (exact) mass is 482 g/mol. The molecule has 0 aliphatic carbocycles. The second-order valence-electron chi connectivity index (χ2n) is 8.59. The number of hydrogen-bond donors (Lipinski definition) is 3. The highest BCUT2D eigenvalue weighted by Gasteiger charge is 2.28. The number of ether oxygens (including phenoxy) is 1. The zero-order valence-electron chi connectivity index (χ0n) is 19.4. The number of methoxy groups -OCH3 is 1. The van der Waals surface area contributed by atoms with Crippen molar-refractivity contribution in [2.75, 3.05) is 19.5 Å². The topological polar surface area (TPSA) is 128 Å². The van der Waals surface area contributed by atoms with E-state index in [-0.39, 0.29) is 29.2 Å². The molecule has 4 aromatic rings. The van der Waals surface area contributed by atoms with Gasteiger partial charge in [-0.3, -0.25) is 14.3 Å². The maximum absolute atomic E-state index is 13.7. The number of nitrogens with two attached hydrogens (primary N) is 1. The van der Waals surface area contributed by atoms with Gasteiger partial charge in [-0.25, -0.2) is 13.9 Å². The molecule has 0 spiro atoms. The number of aromatic nitrogens is 4. The molecule has 0 bridgehead atoms. The van der Waals surface area contributed by atoms with Gasteiger partial charge < -0.3 is 15.8 Å². The van der Waals surface area contributed by atoms with Crippen LogP contribution >= 0.6 is 0 Å². The quantitative estimate of drug-likeness (QED) is 0.371. The summed E-state index contributed by atoms with van der Waals surface area (Å²) in [6.07, 6.45) is 0. The number of nitrogens with zero attached hydrogens (tertiary/aromatic N) is 3. The van der Waals surface area contributed by atoms with Gasteiger partial charge in [0.25, 0.3) is 11.5 Å². The zero-order valence-corrected chi connectivity index (χ0v) is 19.4. The molecule has 0 atom stereocenters. The van der Waals surface area contributed by atoms with Crippen LogP contribution in [0, 0.1) is 5.82 Å². The molecule has 35 heavy (non-hydrogen) atoms. The van der Waals surface area contributed by atoms with Gasteiger partial charge in [-0.2, -0.15) is 10.2 Å². The van der Waals surface area contributed by atoms with E-state index in [0.29, 0.717) is 16.6 Å². The number of alkyl halides is 1. The number of halogens is 2. The second kappa shape index (κ2) is 9.16. The van der Waals surface area contributed by atoms with Gasteiger partial charge in [0.1, 0.15) is 29.5 Å². The number of benzene rings is 2. The highest BCUT2D eigenvalue weighted by molar-refractivity contribution is 6.00. The molecule has 11 heteroatoms. The predicted octanol–water partition coefficient (Wildman–Crippen LogP) is 3.15. The fourth-order valence-electron chi connectivity index (χ4n) is 3.70. The van der Waals surface area contributed by atoms with Crippen molar-refractivity contribution < 1.29 is 18.3 Å². The molecule has 1 amide bonds. The highest BCUT2D eigenvalue weighted by atomic mass is 19.1. The van der Waals surface area contributed by atoms with Gasteiger partial charge in [0, 0.05) is 12.1 Å². The van der Waals surface area contributed by atoms with Crippen LogP contribution in [0.2, 0.25) is 0 Å². The Morgan fingerprint density at radius 1 is 1.23 bits per heavy atom. The maximum atomic E-state index is 13.7. The molecule has 0 radical (unpaired) electrons. The van der Waals surface area contributed by atoms with E-state index in [1.165, 1.54) is 23.9 Å². The average Bonchev–Trinajstić information content (AvgIpc) is 3.28. The molecule has 2 aromatic heterocycles. The number of nitrogen functional groups attached to an aromatic ring is 1. The van der Waals surface area contributed by atoms with Crippen molar-refractivity contribution in [1.29, 1.82) is 0 Å². The third-order valence-corrected chi connectivity index (χ3v) is 5.62. The van der Waals surface area contributed by atoms with Crippen molar-refractivity contribution >= 4 is 22.6 Å². The first kappa shape index (κ1) is 23.9. The Balaban J connectivity index is 1.63. The van der Waals surface area contributed by atoms with Gasteiger partial charge in [-0.15, -0.1) is 0 Å². The van der Waals surface area contributed by atoms with E-state index < -0.39 is 29.5 Å². The van der Waals surface area contributed by atoms with Crippen molar-refractivity contribution in [2.45, 2.75) is 25.9 Å². The Morgan fingerprint density at radius 3 is 2.60 bits per heavy atom. The number of hydrogen-bond acceptors (Lipinski definition) is 6. The third kappa shape index (κ3) is 4.44. The number of carbonyl (C=O) groups excluding carboxylic acids is 1. The maximum Gasteiger partial charge on any atom is 0.290 e. The van der Waals surface area contributed by atoms with Crippen LogP contribution in [0.5, 0.6) is 5.75 Å². The molecule has 0 unspecified atom stereocenters. The van der Waals surface area contributed by atoms with Crippen LogP contribution in [-0.4, -0.2) is 39.7 Å². The van der Waals surface area contributed by atoms with E-state index in [4.69, 9.17) is 10.5 Å². The molecule has 9 nitrogen and oxygen atoms in total. The molecular weight excluding hydrogens is 458 g/mol. The number of H-pyrrole nitrogens is 1. The molecule has 4 N–H and O–H groups in total. The molecule has 0 aliphatic rings. The number of aromatic amines is 1. The molecular formula is C24H24F2N6O3. The summed E-state index contributed by atoms with van der Waals surface area (Å²) in [5.41, 5.74) is 6.44. The number of nitrogens with one attached hydrogen (secondary N) is 2. The van der Waals surface area contributed by atoms with E-state index >= 15 is 0 Å². The molecule has 0 aliphatic heterocycles. The first-order valence-electron chi connectivity index (χ1n) is 10.7. The Hall–Kier alpha value is -4.28.